The largest absolute Gasteiger partial charge is 0.444 e. The summed E-state index contributed by atoms with van der Waals surface area (Å²) in [6.07, 6.45) is 6.19. The average molecular weight is 516 g/mol. The molecule has 1 amide bonds. The van der Waals surface area contributed by atoms with E-state index in [-0.39, 0.29) is 17.4 Å². The highest BCUT2D eigenvalue weighted by atomic mass is 35.5. The molecule has 0 radical (unpaired) electrons. The summed E-state index contributed by atoms with van der Waals surface area (Å²) in [5.74, 6) is 0.102. The van der Waals surface area contributed by atoms with E-state index in [1.807, 2.05) is 39.0 Å². The molecular formula is C29H36Cl2N2O2. The summed E-state index contributed by atoms with van der Waals surface area (Å²) in [5, 5.41) is 4.61. The Hall–Kier alpha value is -2.01. The number of carbonyl (C=O) groups is 1. The monoisotopic (exact) mass is 514 g/mol. The van der Waals surface area contributed by atoms with Crippen LogP contribution in [-0.2, 0) is 10.2 Å². The van der Waals surface area contributed by atoms with E-state index in [0.717, 1.165) is 44.3 Å². The number of likely N-dealkylation sites (N-methyl/N-ethyl adjacent to an activating group) is 1. The van der Waals surface area contributed by atoms with Crippen molar-refractivity contribution in [3.05, 3.63) is 74.8 Å². The van der Waals surface area contributed by atoms with Crippen LogP contribution >= 0.6 is 23.2 Å². The number of nitrogens with zero attached hydrogens (tertiary/aromatic N) is 1. The molecule has 2 aromatic rings. The van der Waals surface area contributed by atoms with Crippen LogP contribution in [0.2, 0.25) is 10.0 Å². The maximum absolute atomic E-state index is 12.7. The van der Waals surface area contributed by atoms with E-state index in [0.29, 0.717) is 16.6 Å². The molecule has 0 unspecified atom stereocenters. The Kier molecular flexibility index (Phi) is 7.85. The van der Waals surface area contributed by atoms with Gasteiger partial charge in [0, 0.05) is 24.9 Å². The molecule has 1 aliphatic carbocycles. The van der Waals surface area contributed by atoms with Crippen molar-refractivity contribution in [2.45, 2.75) is 63.4 Å². The summed E-state index contributed by atoms with van der Waals surface area (Å²) in [6, 6.07) is 14.6. The molecule has 188 valence electrons. The number of allylic oxidation sites excluding steroid dienone is 1. The molecule has 35 heavy (non-hydrogen) atoms. The molecule has 4 rings (SSSR count). The summed E-state index contributed by atoms with van der Waals surface area (Å²) in [6.45, 7) is 8.27. The Balaban J connectivity index is 1.57. The minimum absolute atomic E-state index is 0.102. The van der Waals surface area contributed by atoms with Gasteiger partial charge in [-0.2, -0.15) is 0 Å². The van der Waals surface area contributed by atoms with Crippen molar-refractivity contribution in [2.24, 2.45) is 0 Å². The van der Waals surface area contributed by atoms with Crippen molar-refractivity contribution in [3.63, 3.8) is 0 Å². The topological polar surface area (TPSA) is 41.6 Å². The molecule has 2 aromatic carbocycles. The first kappa shape index (κ1) is 26.1. The van der Waals surface area contributed by atoms with Crippen molar-refractivity contribution in [2.75, 3.05) is 26.7 Å². The third-order valence-corrected chi connectivity index (χ3v) is 7.99. The number of piperidine rings is 1. The van der Waals surface area contributed by atoms with Crippen LogP contribution in [0.4, 0.5) is 4.79 Å². The molecule has 6 heteroatoms. The second-order valence-corrected chi connectivity index (χ2v) is 11.7. The Morgan fingerprint density at radius 1 is 1.11 bits per heavy atom. The first-order valence-electron chi connectivity index (χ1n) is 12.5. The lowest BCUT2D eigenvalue weighted by Crippen LogP contribution is -2.40. The molecule has 1 atom stereocenters. The summed E-state index contributed by atoms with van der Waals surface area (Å²) in [7, 11) is 1.80. The number of amides is 1. The third kappa shape index (κ3) is 5.87. The number of halogens is 2. The summed E-state index contributed by atoms with van der Waals surface area (Å²) >= 11 is 12.6. The zero-order chi connectivity index (χ0) is 25.2. The van der Waals surface area contributed by atoms with Gasteiger partial charge in [0.05, 0.1) is 10.0 Å². The molecule has 0 saturated carbocycles. The Morgan fingerprint density at radius 2 is 1.83 bits per heavy atom. The van der Waals surface area contributed by atoms with Gasteiger partial charge in [0.1, 0.15) is 5.60 Å². The minimum atomic E-state index is -0.535. The van der Waals surface area contributed by atoms with Gasteiger partial charge in [0.2, 0.25) is 0 Å². The number of benzene rings is 2. The molecule has 2 aliphatic rings. The van der Waals surface area contributed by atoms with E-state index in [9.17, 15) is 4.79 Å². The van der Waals surface area contributed by atoms with E-state index < -0.39 is 5.60 Å². The Morgan fingerprint density at radius 3 is 2.51 bits per heavy atom. The second-order valence-electron chi connectivity index (χ2n) is 10.9. The number of carbonyl (C=O) groups excluding carboxylic acids is 1. The standard InChI is InChI=1S/C29H36Cl2N2O2/c1-28(2,3)35-27(34)33(4)19-22(20-10-12-25(30)26(31)18-20)9-11-23-17-21-7-5-6-8-24(21)29(23)13-15-32-16-14-29/h5-8,10,12,17-18,22,32H,9,11,13-16,19H2,1-4H3/t22-/m1/s1. The maximum atomic E-state index is 12.7. The van der Waals surface area contributed by atoms with Gasteiger partial charge in [-0.1, -0.05) is 65.2 Å². The van der Waals surface area contributed by atoms with Gasteiger partial charge in [-0.25, -0.2) is 4.79 Å². The van der Waals surface area contributed by atoms with E-state index in [4.69, 9.17) is 27.9 Å². The number of rotatable bonds is 6. The maximum Gasteiger partial charge on any atom is 0.410 e. The predicted octanol–water partition coefficient (Wildman–Crippen LogP) is 7.44. The van der Waals surface area contributed by atoms with Gasteiger partial charge in [-0.05, 0) is 88.4 Å². The number of fused-ring (bicyclic) bond motifs is 2. The van der Waals surface area contributed by atoms with Gasteiger partial charge >= 0.3 is 6.09 Å². The third-order valence-electron chi connectivity index (χ3n) is 7.25. The van der Waals surface area contributed by atoms with Gasteiger partial charge in [-0.15, -0.1) is 0 Å². The molecule has 4 nitrogen and oxygen atoms in total. The number of ether oxygens (including phenoxy) is 1. The van der Waals surface area contributed by atoms with E-state index in [1.165, 1.54) is 16.7 Å². The van der Waals surface area contributed by atoms with Crippen molar-refractivity contribution >= 4 is 35.4 Å². The quantitative estimate of drug-likeness (QED) is 0.435. The van der Waals surface area contributed by atoms with Crippen molar-refractivity contribution in [1.29, 1.82) is 0 Å². The first-order chi connectivity index (χ1) is 16.6. The van der Waals surface area contributed by atoms with Crippen molar-refractivity contribution < 1.29 is 9.53 Å². The zero-order valence-electron chi connectivity index (χ0n) is 21.2. The Labute approximate surface area is 219 Å². The molecular weight excluding hydrogens is 479 g/mol. The molecule has 1 saturated heterocycles. The number of hydrogen-bond acceptors (Lipinski definition) is 3. The van der Waals surface area contributed by atoms with Crippen LogP contribution in [0.1, 0.15) is 69.1 Å². The van der Waals surface area contributed by atoms with Crippen molar-refractivity contribution in [1.82, 2.24) is 10.2 Å². The smallest absolute Gasteiger partial charge is 0.410 e. The van der Waals surface area contributed by atoms with Gasteiger partial charge in [0.15, 0.2) is 0 Å². The molecule has 1 fully saturated rings. The van der Waals surface area contributed by atoms with Gasteiger partial charge in [0.25, 0.3) is 0 Å². The van der Waals surface area contributed by atoms with Crippen LogP contribution in [0, 0.1) is 0 Å². The summed E-state index contributed by atoms with van der Waals surface area (Å²) in [5.41, 5.74) is 4.98. The summed E-state index contributed by atoms with van der Waals surface area (Å²) in [4.78, 5) is 14.4. The van der Waals surface area contributed by atoms with Crippen LogP contribution in [0.5, 0.6) is 0 Å². The fourth-order valence-corrected chi connectivity index (χ4v) is 5.82. The molecule has 1 aliphatic heterocycles. The minimum Gasteiger partial charge on any atom is -0.444 e. The summed E-state index contributed by atoms with van der Waals surface area (Å²) < 4.78 is 5.61. The lowest BCUT2D eigenvalue weighted by molar-refractivity contribution is 0.0287. The fraction of sp³-hybridized carbons (Fsp3) is 0.483. The molecule has 1 N–H and O–H groups in total. The number of nitrogens with one attached hydrogen (secondary N) is 1. The lowest BCUT2D eigenvalue weighted by Gasteiger charge is -2.38. The fourth-order valence-electron chi connectivity index (χ4n) is 5.52. The molecule has 0 aromatic heterocycles. The lowest BCUT2D eigenvalue weighted by atomic mass is 9.69. The van der Waals surface area contributed by atoms with Crippen LogP contribution in [-0.4, -0.2) is 43.3 Å². The van der Waals surface area contributed by atoms with Crippen LogP contribution in [0.15, 0.2) is 48.0 Å². The number of hydrogen-bond donors (Lipinski definition) is 1. The van der Waals surface area contributed by atoms with E-state index in [2.05, 4.69) is 35.7 Å². The van der Waals surface area contributed by atoms with Crippen LogP contribution in [0.3, 0.4) is 0 Å². The normalized spacial score (nSPS) is 17.6. The van der Waals surface area contributed by atoms with E-state index >= 15 is 0 Å². The molecule has 1 spiro atoms. The van der Waals surface area contributed by atoms with Crippen LogP contribution in [0.25, 0.3) is 6.08 Å². The van der Waals surface area contributed by atoms with Crippen molar-refractivity contribution in [3.8, 4) is 0 Å². The average Bonchev–Trinajstić information content (AvgIpc) is 3.10. The SMILES string of the molecule is CN(C[C@@H](CCC1=Cc2ccccc2C12CCNCC2)c1ccc(Cl)c(Cl)c1)C(=O)OC(C)(C)C. The zero-order valence-corrected chi connectivity index (χ0v) is 22.7. The van der Waals surface area contributed by atoms with Crippen LogP contribution < -0.4 is 5.32 Å². The predicted molar refractivity (Wildman–Crippen MR) is 146 cm³/mol. The highest BCUT2D eigenvalue weighted by molar-refractivity contribution is 6.42. The van der Waals surface area contributed by atoms with E-state index in [1.54, 1.807) is 11.9 Å². The molecule has 0 bridgehead atoms. The second kappa shape index (κ2) is 10.5. The molecule has 1 heterocycles. The first-order valence-corrected chi connectivity index (χ1v) is 13.2. The van der Waals surface area contributed by atoms with Gasteiger partial charge in [-0.3, -0.25) is 0 Å². The Bertz CT molecular complexity index is 1100. The highest BCUT2D eigenvalue weighted by Crippen LogP contribution is 2.50. The van der Waals surface area contributed by atoms with Gasteiger partial charge < -0.3 is 15.0 Å². The highest BCUT2D eigenvalue weighted by Gasteiger charge is 2.41.